The van der Waals surface area contributed by atoms with Gasteiger partial charge in [-0.2, -0.15) is 5.10 Å². The van der Waals surface area contributed by atoms with E-state index >= 15 is 0 Å². The molecule has 0 bridgehead atoms. The van der Waals surface area contributed by atoms with E-state index in [1.807, 2.05) is 17.5 Å². The monoisotopic (exact) mass is 263 g/mol. The SMILES string of the molecule is Fc1ccc(-c2n[nH]c(-c3cccs3)n2)cc1F. The van der Waals surface area contributed by atoms with Crippen LogP contribution in [-0.4, -0.2) is 15.2 Å². The molecule has 0 atom stereocenters. The number of nitrogens with one attached hydrogen (secondary N) is 1. The number of H-pyrrole nitrogens is 1. The average Bonchev–Trinajstić information content (AvgIpc) is 3.01. The number of rotatable bonds is 2. The van der Waals surface area contributed by atoms with Gasteiger partial charge in [-0.15, -0.1) is 11.3 Å². The lowest BCUT2D eigenvalue weighted by Crippen LogP contribution is -1.86. The zero-order chi connectivity index (χ0) is 12.5. The van der Waals surface area contributed by atoms with Gasteiger partial charge in [0.1, 0.15) is 0 Å². The molecule has 0 saturated heterocycles. The summed E-state index contributed by atoms with van der Waals surface area (Å²) in [6.07, 6.45) is 0. The highest BCUT2D eigenvalue weighted by Gasteiger charge is 2.10. The topological polar surface area (TPSA) is 41.6 Å². The second-order valence-electron chi connectivity index (χ2n) is 3.61. The molecule has 0 aliphatic carbocycles. The van der Waals surface area contributed by atoms with Crippen molar-refractivity contribution >= 4 is 11.3 Å². The minimum atomic E-state index is -0.907. The number of halogens is 2. The molecular formula is C12H7F2N3S. The Morgan fingerprint density at radius 3 is 2.72 bits per heavy atom. The van der Waals surface area contributed by atoms with Gasteiger partial charge in [-0.25, -0.2) is 13.8 Å². The fourth-order valence-corrected chi connectivity index (χ4v) is 2.21. The van der Waals surface area contributed by atoms with Crippen molar-refractivity contribution in [3.05, 3.63) is 47.3 Å². The van der Waals surface area contributed by atoms with Crippen LogP contribution < -0.4 is 0 Å². The first-order valence-electron chi connectivity index (χ1n) is 5.16. The van der Waals surface area contributed by atoms with Crippen LogP contribution in [0.1, 0.15) is 0 Å². The summed E-state index contributed by atoms with van der Waals surface area (Å²) in [5, 5.41) is 8.69. The third-order valence-corrected chi connectivity index (χ3v) is 3.29. The van der Waals surface area contributed by atoms with Gasteiger partial charge in [0.25, 0.3) is 0 Å². The summed E-state index contributed by atoms with van der Waals surface area (Å²) in [5.74, 6) is -0.829. The van der Waals surface area contributed by atoms with Gasteiger partial charge < -0.3 is 0 Å². The maximum atomic E-state index is 13.1. The maximum absolute atomic E-state index is 13.1. The highest BCUT2D eigenvalue weighted by molar-refractivity contribution is 7.13. The molecule has 0 amide bonds. The summed E-state index contributed by atoms with van der Waals surface area (Å²) in [7, 11) is 0. The normalized spacial score (nSPS) is 10.8. The molecule has 2 heterocycles. The van der Waals surface area contributed by atoms with E-state index < -0.39 is 11.6 Å². The number of hydrogen-bond donors (Lipinski definition) is 1. The van der Waals surface area contributed by atoms with Crippen LogP contribution in [0.15, 0.2) is 35.7 Å². The molecule has 3 nitrogen and oxygen atoms in total. The summed E-state index contributed by atoms with van der Waals surface area (Å²) < 4.78 is 25.9. The summed E-state index contributed by atoms with van der Waals surface area (Å²) >= 11 is 1.52. The summed E-state index contributed by atoms with van der Waals surface area (Å²) in [6, 6.07) is 7.39. The van der Waals surface area contributed by atoms with Crippen molar-refractivity contribution in [1.29, 1.82) is 0 Å². The summed E-state index contributed by atoms with van der Waals surface area (Å²) in [6.45, 7) is 0. The van der Waals surface area contributed by atoms with Crippen LogP contribution in [0.3, 0.4) is 0 Å². The molecule has 0 radical (unpaired) electrons. The zero-order valence-corrected chi connectivity index (χ0v) is 9.84. The minimum absolute atomic E-state index is 0.345. The Bertz CT molecular complexity index is 676. The van der Waals surface area contributed by atoms with Crippen LogP contribution in [-0.2, 0) is 0 Å². The smallest absolute Gasteiger partial charge is 0.181 e. The van der Waals surface area contributed by atoms with Crippen molar-refractivity contribution in [1.82, 2.24) is 15.2 Å². The molecule has 1 N–H and O–H groups in total. The molecule has 0 spiro atoms. The van der Waals surface area contributed by atoms with E-state index in [4.69, 9.17) is 0 Å². The van der Waals surface area contributed by atoms with Crippen molar-refractivity contribution in [2.45, 2.75) is 0 Å². The van der Waals surface area contributed by atoms with Gasteiger partial charge in [-0.1, -0.05) is 6.07 Å². The van der Waals surface area contributed by atoms with E-state index in [-0.39, 0.29) is 0 Å². The van der Waals surface area contributed by atoms with Gasteiger partial charge >= 0.3 is 0 Å². The van der Waals surface area contributed by atoms with Gasteiger partial charge in [-0.05, 0) is 29.6 Å². The molecule has 90 valence electrons. The van der Waals surface area contributed by atoms with Crippen LogP contribution in [0.2, 0.25) is 0 Å². The number of hydrogen-bond acceptors (Lipinski definition) is 3. The Labute approximate surface area is 105 Å². The molecule has 0 aliphatic heterocycles. The van der Waals surface area contributed by atoms with Gasteiger partial charge in [0.2, 0.25) is 0 Å². The Morgan fingerprint density at radius 2 is 2.00 bits per heavy atom. The van der Waals surface area contributed by atoms with Crippen molar-refractivity contribution < 1.29 is 8.78 Å². The first kappa shape index (κ1) is 11.0. The highest BCUT2D eigenvalue weighted by Crippen LogP contribution is 2.24. The molecule has 0 saturated carbocycles. The third-order valence-electron chi connectivity index (χ3n) is 2.42. The van der Waals surface area contributed by atoms with Crippen molar-refractivity contribution in [3.8, 4) is 22.1 Å². The highest BCUT2D eigenvalue weighted by atomic mass is 32.1. The first-order valence-corrected chi connectivity index (χ1v) is 6.04. The predicted molar refractivity (Wildman–Crippen MR) is 65.0 cm³/mol. The molecule has 6 heteroatoms. The Balaban J connectivity index is 2.00. The fraction of sp³-hybridized carbons (Fsp3) is 0. The molecule has 0 unspecified atom stereocenters. The maximum Gasteiger partial charge on any atom is 0.181 e. The van der Waals surface area contributed by atoms with Crippen LogP contribution in [0.4, 0.5) is 8.78 Å². The van der Waals surface area contributed by atoms with E-state index in [1.54, 1.807) is 0 Å². The van der Waals surface area contributed by atoms with Crippen LogP contribution >= 0.6 is 11.3 Å². The second-order valence-corrected chi connectivity index (χ2v) is 4.56. The Hall–Kier alpha value is -2.08. The minimum Gasteiger partial charge on any atom is -0.258 e. The Kier molecular flexibility index (Phi) is 2.64. The number of benzene rings is 1. The molecule has 0 fully saturated rings. The zero-order valence-electron chi connectivity index (χ0n) is 9.02. The standard InChI is InChI=1S/C12H7F2N3S/c13-8-4-3-7(6-9(8)14)11-15-12(17-16-11)10-2-1-5-18-10/h1-6H,(H,15,16,17). The van der Waals surface area contributed by atoms with Crippen LogP contribution in [0.25, 0.3) is 22.1 Å². The molecule has 0 aliphatic rings. The molecular weight excluding hydrogens is 256 g/mol. The lowest BCUT2D eigenvalue weighted by Gasteiger charge is -1.96. The van der Waals surface area contributed by atoms with E-state index in [1.165, 1.54) is 17.4 Å². The summed E-state index contributed by atoms with van der Waals surface area (Å²) in [4.78, 5) is 5.19. The molecule has 2 aromatic heterocycles. The van der Waals surface area contributed by atoms with Gasteiger partial charge in [-0.3, -0.25) is 5.10 Å². The van der Waals surface area contributed by atoms with E-state index in [0.717, 1.165) is 17.0 Å². The van der Waals surface area contributed by atoms with E-state index in [2.05, 4.69) is 15.2 Å². The number of aromatic amines is 1. The fourth-order valence-electron chi connectivity index (χ4n) is 1.55. The van der Waals surface area contributed by atoms with Gasteiger partial charge in [0, 0.05) is 5.56 Å². The van der Waals surface area contributed by atoms with Gasteiger partial charge in [0.05, 0.1) is 4.88 Å². The number of aromatic nitrogens is 3. The second kappa shape index (κ2) is 4.30. The molecule has 3 rings (SSSR count). The van der Waals surface area contributed by atoms with E-state index in [0.29, 0.717) is 17.2 Å². The molecule has 1 aromatic carbocycles. The average molecular weight is 263 g/mol. The lowest BCUT2D eigenvalue weighted by atomic mass is 10.2. The third kappa shape index (κ3) is 1.91. The van der Waals surface area contributed by atoms with Gasteiger partial charge in [0.15, 0.2) is 23.3 Å². The molecule has 18 heavy (non-hydrogen) atoms. The first-order chi connectivity index (χ1) is 8.74. The molecule has 3 aromatic rings. The largest absolute Gasteiger partial charge is 0.258 e. The quantitative estimate of drug-likeness (QED) is 0.769. The van der Waals surface area contributed by atoms with Crippen LogP contribution in [0.5, 0.6) is 0 Å². The van der Waals surface area contributed by atoms with E-state index in [9.17, 15) is 8.78 Å². The predicted octanol–water partition coefficient (Wildman–Crippen LogP) is 3.48. The number of thiophene rings is 1. The Morgan fingerprint density at radius 1 is 1.11 bits per heavy atom. The van der Waals surface area contributed by atoms with Crippen molar-refractivity contribution in [2.75, 3.05) is 0 Å². The number of nitrogens with zero attached hydrogens (tertiary/aromatic N) is 2. The summed E-state index contributed by atoms with van der Waals surface area (Å²) in [5.41, 5.74) is 0.438. The lowest BCUT2D eigenvalue weighted by molar-refractivity contribution is 0.509. The van der Waals surface area contributed by atoms with Crippen molar-refractivity contribution in [2.24, 2.45) is 0 Å². The van der Waals surface area contributed by atoms with Crippen LogP contribution in [0, 0.1) is 11.6 Å². The van der Waals surface area contributed by atoms with Crippen molar-refractivity contribution in [3.63, 3.8) is 0 Å².